The second-order valence-corrected chi connectivity index (χ2v) is 7.68. The highest BCUT2D eigenvalue weighted by atomic mass is 35.5. The summed E-state index contributed by atoms with van der Waals surface area (Å²) in [7, 11) is 1.63. The fourth-order valence-corrected chi connectivity index (χ4v) is 3.85. The molecule has 0 aliphatic heterocycles. The van der Waals surface area contributed by atoms with Crippen molar-refractivity contribution in [3.63, 3.8) is 0 Å². The summed E-state index contributed by atoms with van der Waals surface area (Å²) in [6.07, 6.45) is 0. The highest BCUT2D eigenvalue weighted by Crippen LogP contribution is 2.22. The zero-order chi connectivity index (χ0) is 22.5. The maximum absolute atomic E-state index is 12.7. The minimum atomic E-state index is -0.664. The monoisotopic (exact) mass is 443 g/mol. The van der Waals surface area contributed by atoms with Crippen molar-refractivity contribution in [2.45, 2.75) is 33.9 Å². The average molecular weight is 444 g/mol. The Hall–Kier alpha value is -2.90. The predicted octanol–water partition coefficient (Wildman–Crippen LogP) is 4.00. The SMILES string of the molecule is COCCn1c(C)cc(C(=O)COC(=O)c2c(C)nn(Cc3ccccc3)c2Cl)c1C. The smallest absolute Gasteiger partial charge is 0.343 e. The summed E-state index contributed by atoms with van der Waals surface area (Å²) in [5.41, 5.74) is 3.94. The molecule has 164 valence electrons. The van der Waals surface area contributed by atoms with E-state index < -0.39 is 5.97 Å². The van der Waals surface area contributed by atoms with Crippen molar-refractivity contribution in [2.24, 2.45) is 0 Å². The number of halogens is 1. The molecular weight excluding hydrogens is 418 g/mol. The number of carbonyl (C=O) groups excluding carboxylic acids is 2. The number of esters is 1. The van der Waals surface area contributed by atoms with Gasteiger partial charge in [0, 0.05) is 30.6 Å². The van der Waals surface area contributed by atoms with E-state index in [0.29, 0.717) is 31.0 Å². The number of carbonyl (C=O) groups is 2. The normalized spacial score (nSPS) is 11.0. The lowest BCUT2D eigenvalue weighted by Crippen LogP contribution is -2.16. The molecule has 31 heavy (non-hydrogen) atoms. The zero-order valence-electron chi connectivity index (χ0n) is 18.1. The Bertz CT molecular complexity index is 1090. The summed E-state index contributed by atoms with van der Waals surface area (Å²) in [6, 6.07) is 11.5. The lowest BCUT2D eigenvalue weighted by Gasteiger charge is -2.09. The van der Waals surface area contributed by atoms with Crippen LogP contribution in [0, 0.1) is 20.8 Å². The fraction of sp³-hybridized carbons (Fsp3) is 0.348. The molecule has 0 aliphatic rings. The van der Waals surface area contributed by atoms with E-state index in [2.05, 4.69) is 5.10 Å². The van der Waals surface area contributed by atoms with Gasteiger partial charge >= 0.3 is 5.97 Å². The first-order valence-corrected chi connectivity index (χ1v) is 10.3. The zero-order valence-corrected chi connectivity index (χ0v) is 18.9. The summed E-state index contributed by atoms with van der Waals surface area (Å²) >= 11 is 6.40. The second kappa shape index (κ2) is 9.94. The number of nitrogens with zero attached hydrogens (tertiary/aromatic N) is 3. The molecule has 3 aromatic rings. The minimum Gasteiger partial charge on any atom is -0.454 e. The number of aromatic nitrogens is 3. The number of benzene rings is 1. The van der Waals surface area contributed by atoms with Crippen molar-refractivity contribution < 1.29 is 19.1 Å². The highest BCUT2D eigenvalue weighted by molar-refractivity contribution is 6.32. The van der Waals surface area contributed by atoms with E-state index in [1.54, 1.807) is 24.8 Å². The quantitative estimate of drug-likeness (QED) is 0.369. The lowest BCUT2D eigenvalue weighted by atomic mass is 10.1. The van der Waals surface area contributed by atoms with Crippen molar-refractivity contribution in [1.29, 1.82) is 0 Å². The summed E-state index contributed by atoms with van der Waals surface area (Å²) in [5, 5.41) is 4.54. The van der Waals surface area contributed by atoms with Crippen LogP contribution >= 0.6 is 11.6 Å². The topological polar surface area (TPSA) is 75.3 Å². The first kappa shape index (κ1) is 22.8. The summed E-state index contributed by atoms with van der Waals surface area (Å²) < 4.78 is 14.0. The Kier molecular flexibility index (Phi) is 7.30. The number of hydrogen-bond donors (Lipinski definition) is 0. The van der Waals surface area contributed by atoms with Crippen LogP contribution < -0.4 is 0 Å². The lowest BCUT2D eigenvalue weighted by molar-refractivity contribution is 0.0474. The van der Waals surface area contributed by atoms with Gasteiger partial charge in [-0.25, -0.2) is 9.48 Å². The van der Waals surface area contributed by atoms with Gasteiger partial charge in [-0.3, -0.25) is 4.79 Å². The molecule has 0 atom stereocenters. The molecule has 0 radical (unpaired) electrons. The molecule has 0 saturated heterocycles. The van der Waals surface area contributed by atoms with E-state index >= 15 is 0 Å². The van der Waals surface area contributed by atoms with E-state index in [-0.39, 0.29) is 23.1 Å². The van der Waals surface area contributed by atoms with Gasteiger partial charge in [0.15, 0.2) is 6.61 Å². The van der Waals surface area contributed by atoms with Crippen LogP contribution in [0.2, 0.25) is 5.15 Å². The van der Waals surface area contributed by atoms with Crippen LogP contribution in [0.15, 0.2) is 36.4 Å². The van der Waals surface area contributed by atoms with Crippen LogP contribution in [0.3, 0.4) is 0 Å². The van der Waals surface area contributed by atoms with Gasteiger partial charge in [0.2, 0.25) is 5.78 Å². The van der Waals surface area contributed by atoms with E-state index in [0.717, 1.165) is 17.0 Å². The van der Waals surface area contributed by atoms with Crippen LogP contribution in [-0.2, 0) is 22.6 Å². The molecule has 0 aliphatic carbocycles. The number of Topliss-reactive ketones (excluding diaryl/α,β-unsaturated/α-hetero) is 1. The third kappa shape index (κ3) is 5.06. The molecule has 0 unspecified atom stereocenters. The van der Waals surface area contributed by atoms with Gasteiger partial charge < -0.3 is 14.0 Å². The fourth-order valence-electron chi connectivity index (χ4n) is 3.54. The van der Waals surface area contributed by atoms with Gasteiger partial charge in [-0.15, -0.1) is 0 Å². The average Bonchev–Trinajstić information content (AvgIpc) is 3.19. The van der Waals surface area contributed by atoms with Gasteiger partial charge in [-0.2, -0.15) is 5.10 Å². The predicted molar refractivity (Wildman–Crippen MR) is 118 cm³/mol. The Morgan fingerprint density at radius 1 is 1.13 bits per heavy atom. The molecule has 2 aromatic heterocycles. The van der Waals surface area contributed by atoms with Crippen LogP contribution in [0.5, 0.6) is 0 Å². The van der Waals surface area contributed by atoms with Gasteiger partial charge in [0.05, 0.1) is 18.8 Å². The number of methoxy groups -OCH3 is 1. The van der Waals surface area contributed by atoms with Crippen LogP contribution in [0.1, 0.15) is 43.4 Å². The highest BCUT2D eigenvalue weighted by Gasteiger charge is 2.24. The molecule has 0 saturated carbocycles. The summed E-state index contributed by atoms with van der Waals surface area (Å²) in [6.45, 7) is 6.74. The van der Waals surface area contributed by atoms with Gasteiger partial charge in [-0.05, 0) is 32.4 Å². The molecule has 7 nitrogen and oxygen atoms in total. The number of hydrogen-bond acceptors (Lipinski definition) is 5. The van der Waals surface area contributed by atoms with Crippen molar-refractivity contribution in [2.75, 3.05) is 20.3 Å². The van der Waals surface area contributed by atoms with Gasteiger partial charge in [0.25, 0.3) is 0 Å². The van der Waals surface area contributed by atoms with E-state index in [1.807, 2.05) is 48.7 Å². The summed E-state index contributed by atoms with van der Waals surface area (Å²) in [4.78, 5) is 25.3. The van der Waals surface area contributed by atoms with Gasteiger partial charge in [0.1, 0.15) is 10.7 Å². The van der Waals surface area contributed by atoms with Crippen molar-refractivity contribution in [3.05, 3.63) is 75.3 Å². The van der Waals surface area contributed by atoms with Crippen molar-refractivity contribution in [1.82, 2.24) is 14.3 Å². The third-order valence-corrected chi connectivity index (χ3v) is 5.56. The third-order valence-electron chi connectivity index (χ3n) is 5.17. The van der Waals surface area contributed by atoms with E-state index in [4.69, 9.17) is 21.1 Å². The molecule has 8 heteroatoms. The molecule has 0 fully saturated rings. The van der Waals surface area contributed by atoms with Crippen molar-refractivity contribution in [3.8, 4) is 0 Å². The summed E-state index contributed by atoms with van der Waals surface area (Å²) in [5.74, 6) is -0.932. The maximum Gasteiger partial charge on any atom is 0.343 e. The van der Waals surface area contributed by atoms with E-state index in [1.165, 1.54) is 0 Å². The first-order chi connectivity index (χ1) is 14.8. The number of ether oxygens (including phenoxy) is 2. The Labute approximate surface area is 186 Å². The Balaban J connectivity index is 1.69. The molecule has 0 spiro atoms. The molecule has 2 heterocycles. The molecular formula is C23H26ClN3O4. The molecule has 0 bridgehead atoms. The van der Waals surface area contributed by atoms with Crippen LogP contribution in [-0.4, -0.2) is 46.4 Å². The minimum absolute atomic E-state index is 0.177. The first-order valence-electron chi connectivity index (χ1n) is 9.96. The number of aryl methyl sites for hydroxylation is 2. The molecule has 0 amide bonds. The maximum atomic E-state index is 12.7. The molecule has 3 rings (SSSR count). The van der Waals surface area contributed by atoms with Crippen LogP contribution in [0.4, 0.5) is 0 Å². The number of rotatable bonds is 9. The van der Waals surface area contributed by atoms with Crippen molar-refractivity contribution >= 4 is 23.4 Å². The molecule has 1 aromatic carbocycles. The standard InChI is InChI=1S/C23H26ClN3O4/c1-15-12-19(17(3)26(15)10-11-30-4)20(28)14-31-23(29)21-16(2)25-27(22(21)24)13-18-8-6-5-7-9-18/h5-9,12H,10-11,13-14H2,1-4H3. The molecule has 0 N–H and O–H groups in total. The van der Waals surface area contributed by atoms with Gasteiger partial charge in [-0.1, -0.05) is 41.9 Å². The largest absolute Gasteiger partial charge is 0.454 e. The Morgan fingerprint density at radius 3 is 2.52 bits per heavy atom. The number of ketones is 1. The van der Waals surface area contributed by atoms with Crippen LogP contribution in [0.25, 0.3) is 0 Å². The Morgan fingerprint density at radius 2 is 1.84 bits per heavy atom. The second-order valence-electron chi connectivity index (χ2n) is 7.32. The van der Waals surface area contributed by atoms with E-state index in [9.17, 15) is 9.59 Å².